The molecular formula is C37H49NO14. The first-order valence-corrected chi connectivity index (χ1v) is 17.2. The fraction of sp³-hybridized carbons (Fsp3) is 0.649. The van der Waals surface area contributed by atoms with Crippen LogP contribution in [0.1, 0.15) is 64.7 Å². The lowest BCUT2D eigenvalue weighted by molar-refractivity contribution is -0.347. The summed E-state index contributed by atoms with van der Waals surface area (Å²) >= 11 is 0. The Hall–Kier alpha value is -3.89. The average molecular weight is 732 g/mol. The summed E-state index contributed by atoms with van der Waals surface area (Å²) in [7, 11) is 3.81. The first kappa shape index (κ1) is 39.3. The zero-order valence-corrected chi connectivity index (χ0v) is 30.9. The van der Waals surface area contributed by atoms with Gasteiger partial charge in [-0.25, -0.2) is 14.4 Å². The number of benzene rings is 1. The number of carbonyl (C=O) groups excluding carboxylic acids is 5. The molecule has 2 saturated carbocycles. The number of hydrogen-bond acceptors (Lipinski definition) is 14. The molecule has 1 saturated heterocycles. The number of rotatable bonds is 9. The van der Waals surface area contributed by atoms with E-state index in [9.17, 15) is 29.4 Å². The number of aliphatic hydroxyl groups is 2. The van der Waals surface area contributed by atoms with Crippen LogP contribution in [0.25, 0.3) is 0 Å². The Labute approximate surface area is 302 Å². The topological polar surface area (TPSA) is 202 Å². The molecule has 0 radical (unpaired) electrons. The first-order valence-electron chi connectivity index (χ1n) is 17.2. The molecule has 11 atom stereocenters. The SMILES string of the molecule is COC(=O)N[C@@H](C)[C@@H](OC)C(=O)O[C@H]1C[C@@]2(O)[C@@H](OC(=O)c3ccccc3)C3[C@](C)(C(=O)[C@H](O)C(=C1C)C2(C)C)[C@@H](OC)C[C@H]1OC[C@@]31OC(C)=O. The van der Waals surface area contributed by atoms with Gasteiger partial charge in [-0.3, -0.25) is 9.59 Å². The number of hydrogen-bond donors (Lipinski definition) is 3. The fourth-order valence-corrected chi connectivity index (χ4v) is 9.13. The van der Waals surface area contributed by atoms with Crippen LogP contribution in [0.5, 0.6) is 0 Å². The zero-order valence-electron chi connectivity index (χ0n) is 30.9. The number of alkyl carbamates (subject to hydrolysis) is 1. The Balaban J connectivity index is 1.74. The smallest absolute Gasteiger partial charge is 0.407 e. The summed E-state index contributed by atoms with van der Waals surface area (Å²) in [4.78, 5) is 67.6. The molecule has 15 heteroatoms. The average Bonchev–Trinajstić information content (AvgIpc) is 3.08. The number of fused-ring (bicyclic) bond motifs is 5. The number of aliphatic hydroxyl groups excluding tert-OH is 1. The molecular weight excluding hydrogens is 682 g/mol. The van der Waals surface area contributed by atoms with Gasteiger partial charge in [0.1, 0.15) is 30.0 Å². The third-order valence-corrected chi connectivity index (χ3v) is 11.9. The Bertz CT molecular complexity index is 1630. The minimum absolute atomic E-state index is 0.0579. The van der Waals surface area contributed by atoms with Gasteiger partial charge in [-0.15, -0.1) is 0 Å². The molecule has 1 aromatic carbocycles. The lowest BCUT2D eigenvalue weighted by atomic mass is 9.44. The van der Waals surface area contributed by atoms with Crippen LogP contribution in [0, 0.1) is 16.7 Å². The summed E-state index contributed by atoms with van der Waals surface area (Å²) in [5.41, 5.74) is -6.60. The number of carbonyl (C=O) groups is 5. The van der Waals surface area contributed by atoms with Crippen molar-refractivity contribution in [1.29, 1.82) is 0 Å². The summed E-state index contributed by atoms with van der Waals surface area (Å²) in [6, 6.07) is 7.12. The van der Waals surface area contributed by atoms with Crippen molar-refractivity contribution in [2.45, 2.75) is 108 Å². The molecule has 3 aliphatic carbocycles. The minimum atomic E-state index is -2.22. The van der Waals surface area contributed by atoms with Gasteiger partial charge >= 0.3 is 24.0 Å². The van der Waals surface area contributed by atoms with Crippen molar-refractivity contribution >= 4 is 29.8 Å². The number of esters is 3. The standard InChI is InChI=1S/C37H49NO14/c1-18-22(50-32(43)27(47-8)19(2)38-33(44)48-9)16-37(45)30(51-31(42)21-13-11-10-12-14-21)28-35(6,29(41)26(40)25(18)34(37,4)5)23(46-7)15-24-36(28,17-49-24)52-20(3)39/h10-14,19,22-24,26-28,30,40,45H,15-17H2,1-9H3,(H,38,44)/t19-,22-,23-,24+,26+,27+,28?,30-,35+,36-,37+/m0/s1. The second-order valence-electron chi connectivity index (χ2n) is 14.9. The molecule has 1 aromatic rings. The predicted octanol–water partition coefficient (Wildman–Crippen LogP) is 2.05. The van der Waals surface area contributed by atoms with Gasteiger partial charge in [0.25, 0.3) is 0 Å². The fourth-order valence-electron chi connectivity index (χ4n) is 9.13. The number of ether oxygens (including phenoxy) is 7. The van der Waals surface area contributed by atoms with Crippen LogP contribution in [0.4, 0.5) is 4.79 Å². The summed E-state index contributed by atoms with van der Waals surface area (Å²) in [5.74, 6) is -4.55. The Kier molecular flexibility index (Phi) is 10.7. The Morgan fingerprint density at radius 1 is 1.04 bits per heavy atom. The van der Waals surface area contributed by atoms with E-state index in [-0.39, 0.29) is 29.7 Å². The predicted molar refractivity (Wildman–Crippen MR) is 180 cm³/mol. The van der Waals surface area contributed by atoms with Crippen LogP contribution in [0.2, 0.25) is 0 Å². The van der Waals surface area contributed by atoms with Crippen molar-refractivity contribution in [3.8, 4) is 0 Å². The Morgan fingerprint density at radius 3 is 2.23 bits per heavy atom. The van der Waals surface area contributed by atoms with Gasteiger partial charge < -0.3 is 48.7 Å². The van der Waals surface area contributed by atoms with E-state index in [0.29, 0.717) is 0 Å². The van der Waals surface area contributed by atoms with Crippen molar-refractivity contribution in [2.24, 2.45) is 16.7 Å². The van der Waals surface area contributed by atoms with Crippen LogP contribution < -0.4 is 5.32 Å². The molecule has 52 heavy (non-hydrogen) atoms. The molecule has 2 bridgehead atoms. The maximum Gasteiger partial charge on any atom is 0.407 e. The van der Waals surface area contributed by atoms with Crippen molar-refractivity contribution in [1.82, 2.24) is 5.32 Å². The highest BCUT2D eigenvalue weighted by molar-refractivity contribution is 5.94. The van der Waals surface area contributed by atoms with Gasteiger partial charge in [-0.1, -0.05) is 32.0 Å². The largest absolute Gasteiger partial charge is 0.456 e. The van der Waals surface area contributed by atoms with Gasteiger partial charge in [0.15, 0.2) is 17.5 Å². The molecule has 1 unspecified atom stereocenters. The lowest BCUT2D eigenvalue weighted by Gasteiger charge is -2.67. The van der Waals surface area contributed by atoms with Crippen LogP contribution >= 0.6 is 0 Å². The summed E-state index contributed by atoms with van der Waals surface area (Å²) in [6.45, 7) is 8.86. The highest BCUT2D eigenvalue weighted by atomic mass is 16.6. The molecule has 5 rings (SSSR count). The van der Waals surface area contributed by atoms with E-state index in [1.165, 1.54) is 40.2 Å². The zero-order chi connectivity index (χ0) is 38.6. The molecule has 286 valence electrons. The van der Waals surface area contributed by atoms with E-state index in [4.69, 9.17) is 28.4 Å². The third-order valence-electron chi connectivity index (χ3n) is 11.9. The number of nitrogens with one attached hydrogen (secondary N) is 1. The summed E-state index contributed by atoms with van der Waals surface area (Å²) in [6.07, 6.45) is -9.05. The maximum atomic E-state index is 15.0. The van der Waals surface area contributed by atoms with E-state index in [2.05, 4.69) is 10.1 Å². The monoisotopic (exact) mass is 731 g/mol. The van der Waals surface area contributed by atoms with Gasteiger partial charge in [0, 0.05) is 39.4 Å². The van der Waals surface area contributed by atoms with Crippen LogP contribution in [0.15, 0.2) is 41.5 Å². The van der Waals surface area contributed by atoms with Crippen LogP contribution in [0.3, 0.4) is 0 Å². The normalized spacial score (nSPS) is 35.9. The highest BCUT2D eigenvalue weighted by Gasteiger charge is 2.78. The highest BCUT2D eigenvalue weighted by Crippen LogP contribution is 2.64. The van der Waals surface area contributed by atoms with E-state index in [1.54, 1.807) is 45.9 Å². The molecule has 0 spiro atoms. The molecule has 1 aliphatic heterocycles. The second-order valence-corrected chi connectivity index (χ2v) is 14.9. The molecule has 1 amide bonds. The molecule has 3 N–H and O–H groups in total. The van der Waals surface area contributed by atoms with Gasteiger partial charge in [0.05, 0.1) is 42.8 Å². The third kappa shape index (κ3) is 5.99. The number of ketones is 1. The molecule has 15 nitrogen and oxygen atoms in total. The van der Waals surface area contributed by atoms with E-state index in [1.807, 2.05) is 0 Å². The number of amides is 1. The van der Waals surface area contributed by atoms with E-state index >= 15 is 4.79 Å². The molecule has 3 fully saturated rings. The van der Waals surface area contributed by atoms with Crippen molar-refractivity contribution in [3.63, 3.8) is 0 Å². The van der Waals surface area contributed by atoms with Gasteiger partial charge in [-0.2, -0.15) is 0 Å². The number of methoxy groups -OCH3 is 3. The minimum Gasteiger partial charge on any atom is -0.456 e. The molecule has 0 aromatic heterocycles. The number of Topliss-reactive ketones (excluding diaryl/α,β-unsaturated/α-hetero) is 1. The quantitative estimate of drug-likeness (QED) is 0.189. The van der Waals surface area contributed by atoms with Crippen molar-refractivity contribution < 1.29 is 67.3 Å². The lowest BCUT2D eigenvalue weighted by Crippen LogP contribution is -2.82. The van der Waals surface area contributed by atoms with Crippen LogP contribution in [-0.2, 0) is 47.5 Å². The van der Waals surface area contributed by atoms with E-state index in [0.717, 1.165) is 7.11 Å². The summed E-state index contributed by atoms with van der Waals surface area (Å²) in [5, 5.41) is 28.0. The Morgan fingerprint density at radius 2 is 1.69 bits per heavy atom. The van der Waals surface area contributed by atoms with E-state index < -0.39 is 107 Å². The van der Waals surface area contributed by atoms with Crippen LogP contribution in [-0.4, -0.2) is 122 Å². The van der Waals surface area contributed by atoms with Crippen molar-refractivity contribution in [2.75, 3.05) is 27.9 Å². The summed E-state index contributed by atoms with van der Waals surface area (Å²) < 4.78 is 40.3. The second kappa shape index (κ2) is 14.2. The van der Waals surface area contributed by atoms with Crippen molar-refractivity contribution in [3.05, 3.63) is 47.0 Å². The maximum absolute atomic E-state index is 15.0. The van der Waals surface area contributed by atoms with Gasteiger partial charge in [-0.05, 0) is 44.1 Å². The van der Waals surface area contributed by atoms with Gasteiger partial charge in [0.2, 0.25) is 0 Å². The molecule has 4 aliphatic rings. The molecule has 1 heterocycles. The first-order chi connectivity index (χ1) is 24.3.